The van der Waals surface area contributed by atoms with E-state index in [1.165, 1.54) is 31.4 Å². The van der Waals surface area contributed by atoms with E-state index in [1.54, 1.807) is 0 Å². The molecule has 0 aliphatic rings. The van der Waals surface area contributed by atoms with Crippen molar-refractivity contribution in [2.24, 2.45) is 0 Å². The van der Waals surface area contributed by atoms with Crippen molar-refractivity contribution < 1.29 is 17.9 Å². The molecule has 6 heteroatoms. The Bertz CT molecular complexity index is 384. The van der Waals surface area contributed by atoms with E-state index in [1.807, 2.05) is 0 Å². The third-order valence-corrected chi connectivity index (χ3v) is 2.82. The molecule has 0 aliphatic heterocycles. The molecule has 0 N–H and O–H groups in total. The Labute approximate surface area is 86.8 Å². The zero-order chi connectivity index (χ0) is 10.6. The molecular weight excluding hydrogens is 228 g/mol. The van der Waals surface area contributed by atoms with Crippen molar-refractivity contribution >= 4 is 19.7 Å². The summed E-state index contributed by atoms with van der Waals surface area (Å²) < 4.78 is 31.5. The molecule has 0 spiro atoms. The van der Waals surface area contributed by atoms with Gasteiger partial charge in [-0.3, -0.25) is 0 Å². The summed E-state index contributed by atoms with van der Waals surface area (Å²) in [6.45, 7) is 0.118. The van der Waals surface area contributed by atoms with Crippen LogP contribution in [0.2, 0.25) is 0 Å². The molecule has 4 nitrogen and oxygen atoms in total. The van der Waals surface area contributed by atoms with Crippen molar-refractivity contribution in [2.75, 3.05) is 13.9 Å². The largest absolute Gasteiger partial charge is 0.468 e. The molecule has 0 amide bonds. The fourth-order valence-corrected chi connectivity index (χ4v) is 1.60. The maximum absolute atomic E-state index is 10.9. The number of benzene rings is 1. The second-order valence-electron chi connectivity index (χ2n) is 2.46. The lowest BCUT2D eigenvalue weighted by molar-refractivity contribution is 0.0511. The van der Waals surface area contributed by atoms with Gasteiger partial charge in [-0.05, 0) is 24.3 Å². The van der Waals surface area contributed by atoms with Crippen molar-refractivity contribution in [3.05, 3.63) is 24.3 Å². The van der Waals surface area contributed by atoms with E-state index < -0.39 is 9.05 Å². The quantitative estimate of drug-likeness (QED) is 0.589. The normalized spacial score (nSPS) is 11.3. The molecule has 0 radical (unpaired) electrons. The van der Waals surface area contributed by atoms with Gasteiger partial charge in [0.15, 0.2) is 6.79 Å². The lowest BCUT2D eigenvalue weighted by atomic mass is 10.3. The van der Waals surface area contributed by atoms with E-state index in [2.05, 4.69) is 4.74 Å². The van der Waals surface area contributed by atoms with Crippen LogP contribution in [-0.4, -0.2) is 22.3 Å². The lowest BCUT2D eigenvalue weighted by Crippen LogP contribution is -1.99. The van der Waals surface area contributed by atoms with E-state index >= 15 is 0 Å². The first kappa shape index (κ1) is 11.3. The van der Waals surface area contributed by atoms with Gasteiger partial charge >= 0.3 is 0 Å². The van der Waals surface area contributed by atoms with E-state index in [-0.39, 0.29) is 11.7 Å². The average Bonchev–Trinajstić information content (AvgIpc) is 2.14. The van der Waals surface area contributed by atoms with Crippen LogP contribution >= 0.6 is 10.7 Å². The first-order valence-corrected chi connectivity index (χ1v) is 6.01. The Kier molecular flexibility index (Phi) is 3.74. The molecule has 0 saturated carbocycles. The molecule has 0 fully saturated rings. The predicted octanol–water partition coefficient (Wildman–Crippen LogP) is 1.60. The smallest absolute Gasteiger partial charge is 0.261 e. The van der Waals surface area contributed by atoms with E-state index in [4.69, 9.17) is 15.4 Å². The van der Waals surface area contributed by atoms with E-state index in [0.717, 1.165) is 0 Å². The molecule has 0 atom stereocenters. The van der Waals surface area contributed by atoms with Gasteiger partial charge in [0.1, 0.15) is 5.75 Å². The molecular formula is C8H9ClO4S. The summed E-state index contributed by atoms with van der Waals surface area (Å²) in [5, 5.41) is 0. The van der Waals surface area contributed by atoms with Gasteiger partial charge in [-0.1, -0.05) is 0 Å². The number of halogens is 1. The molecule has 0 heterocycles. The maximum atomic E-state index is 10.9. The van der Waals surface area contributed by atoms with Crippen LogP contribution in [0.1, 0.15) is 0 Å². The Morgan fingerprint density at radius 1 is 1.29 bits per heavy atom. The standard InChI is InChI=1S/C8H9ClO4S/c1-12-6-13-7-2-4-8(5-3-7)14(9,10)11/h2-5H,6H2,1H3. The fourth-order valence-electron chi connectivity index (χ4n) is 0.825. The highest BCUT2D eigenvalue weighted by atomic mass is 35.7. The number of ether oxygens (including phenoxy) is 2. The van der Waals surface area contributed by atoms with Crippen molar-refractivity contribution in [3.63, 3.8) is 0 Å². The zero-order valence-electron chi connectivity index (χ0n) is 7.44. The number of methoxy groups -OCH3 is 1. The molecule has 1 aromatic carbocycles. The Hall–Kier alpha value is -0.780. The number of hydrogen-bond donors (Lipinski definition) is 0. The van der Waals surface area contributed by atoms with Gasteiger partial charge in [0.2, 0.25) is 0 Å². The summed E-state index contributed by atoms with van der Waals surface area (Å²) in [6.07, 6.45) is 0. The van der Waals surface area contributed by atoms with Crippen molar-refractivity contribution in [1.29, 1.82) is 0 Å². The molecule has 0 saturated heterocycles. The molecule has 0 bridgehead atoms. The minimum atomic E-state index is -3.65. The second-order valence-corrected chi connectivity index (χ2v) is 5.03. The van der Waals surface area contributed by atoms with Crippen LogP contribution in [0.5, 0.6) is 5.75 Å². The number of hydrogen-bond acceptors (Lipinski definition) is 4. The topological polar surface area (TPSA) is 52.6 Å². The second kappa shape index (κ2) is 4.63. The fraction of sp³-hybridized carbons (Fsp3) is 0.250. The SMILES string of the molecule is COCOc1ccc(S(=O)(=O)Cl)cc1. The van der Waals surface area contributed by atoms with Crippen LogP contribution in [-0.2, 0) is 13.8 Å². The molecule has 0 aliphatic carbocycles. The maximum Gasteiger partial charge on any atom is 0.261 e. The first-order chi connectivity index (χ1) is 6.54. The average molecular weight is 237 g/mol. The van der Waals surface area contributed by atoms with Gasteiger partial charge in [-0.25, -0.2) is 8.42 Å². The van der Waals surface area contributed by atoms with Gasteiger partial charge < -0.3 is 9.47 Å². The van der Waals surface area contributed by atoms with Crippen LogP contribution < -0.4 is 4.74 Å². The summed E-state index contributed by atoms with van der Waals surface area (Å²) >= 11 is 0. The highest BCUT2D eigenvalue weighted by molar-refractivity contribution is 8.13. The lowest BCUT2D eigenvalue weighted by Gasteiger charge is -2.04. The Balaban J connectivity index is 2.79. The summed E-state index contributed by atoms with van der Waals surface area (Å²) in [6, 6.07) is 5.75. The summed E-state index contributed by atoms with van der Waals surface area (Å²) in [5.74, 6) is 0.524. The molecule has 0 unspecified atom stereocenters. The Morgan fingerprint density at radius 2 is 1.86 bits per heavy atom. The zero-order valence-corrected chi connectivity index (χ0v) is 9.01. The van der Waals surface area contributed by atoms with Crippen LogP contribution in [0.3, 0.4) is 0 Å². The number of rotatable bonds is 4. The van der Waals surface area contributed by atoms with E-state index in [0.29, 0.717) is 5.75 Å². The van der Waals surface area contributed by atoms with Gasteiger partial charge in [0.25, 0.3) is 9.05 Å². The van der Waals surface area contributed by atoms with Gasteiger partial charge in [0.05, 0.1) is 4.90 Å². The summed E-state index contributed by atoms with van der Waals surface area (Å²) in [5.41, 5.74) is 0. The van der Waals surface area contributed by atoms with Crippen molar-refractivity contribution in [3.8, 4) is 5.75 Å². The van der Waals surface area contributed by atoms with Crippen LogP contribution in [0.15, 0.2) is 29.2 Å². The molecule has 1 aromatic rings. The van der Waals surface area contributed by atoms with Crippen LogP contribution in [0, 0.1) is 0 Å². The highest BCUT2D eigenvalue weighted by Gasteiger charge is 2.08. The summed E-state index contributed by atoms with van der Waals surface area (Å²) in [7, 11) is 2.96. The van der Waals surface area contributed by atoms with Crippen molar-refractivity contribution in [1.82, 2.24) is 0 Å². The third-order valence-electron chi connectivity index (χ3n) is 1.45. The van der Waals surface area contributed by atoms with Gasteiger partial charge in [-0.15, -0.1) is 0 Å². The monoisotopic (exact) mass is 236 g/mol. The molecule has 78 valence electrons. The minimum absolute atomic E-state index is 0.0453. The van der Waals surface area contributed by atoms with Crippen LogP contribution in [0.25, 0.3) is 0 Å². The first-order valence-electron chi connectivity index (χ1n) is 3.70. The molecule has 0 aromatic heterocycles. The Morgan fingerprint density at radius 3 is 2.29 bits per heavy atom. The molecule has 1 rings (SSSR count). The molecule has 14 heavy (non-hydrogen) atoms. The van der Waals surface area contributed by atoms with Crippen LogP contribution in [0.4, 0.5) is 0 Å². The van der Waals surface area contributed by atoms with E-state index in [9.17, 15) is 8.42 Å². The third kappa shape index (κ3) is 3.17. The van der Waals surface area contributed by atoms with Gasteiger partial charge in [0, 0.05) is 17.8 Å². The van der Waals surface area contributed by atoms with Crippen molar-refractivity contribution in [2.45, 2.75) is 4.90 Å². The summed E-state index contributed by atoms with van der Waals surface area (Å²) in [4.78, 5) is 0.0453. The highest BCUT2D eigenvalue weighted by Crippen LogP contribution is 2.18. The van der Waals surface area contributed by atoms with Gasteiger partial charge in [-0.2, -0.15) is 0 Å². The predicted molar refractivity (Wildman–Crippen MR) is 52.0 cm³/mol. The minimum Gasteiger partial charge on any atom is -0.468 e.